The van der Waals surface area contributed by atoms with E-state index in [-0.39, 0.29) is 40.6 Å². The van der Waals surface area contributed by atoms with Crippen LogP contribution in [-0.2, 0) is 0 Å². The van der Waals surface area contributed by atoms with E-state index in [0.717, 1.165) is 58.3 Å². The van der Waals surface area contributed by atoms with E-state index in [2.05, 4.69) is 26.0 Å². The lowest BCUT2D eigenvalue weighted by Gasteiger charge is -2.31. The number of ether oxygens (including phenoxy) is 1. The van der Waals surface area contributed by atoms with Gasteiger partial charge in [0.2, 0.25) is 0 Å². The fourth-order valence-corrected chi connectivity index (χ4v) is 8.38. The summed E-state index contributed by atoms with van der Waals surface area (Å²) in [6, 6.07) is 9.52. The van der Waals surface area contributed by atoms with Crippen LogP contribution in [0.15, 0.2) is 36.4 Å². The van der Waals surface area contributed by atoms with Gasteiger partial charge in [0.25, 0.3) is 0 Å². The monoisotopic (exact) mass is 627 g/mol. The number of alkyl halides is 1. The number of rotatable bonds is 5. The molecular formula is C36H36F3N5O2. The van der Waals surface area contributed by atoms with Gasteiger partial charge >= 0.3 is 6.01 Å². The van der Waals surface area contributed by atoms with Gasteiger partial charge in [0.1, 0.15) is 35.7 Å². The summed E-state index contributed by atoms with van der Waals surface area (Å²) < 4.78 is 52.6. The van der Waals surface area contributed by atoms with Gasteiger partial charge in [-0.25, -0.2) is 13.2 Å². The lowest BCUT2D eigenvalue weighted by Crippen LogP contribution is -2.43. The lowest BCUT2D eigenvalue weighted by molar-refractivity contribution is 0.107. The minimum Gasteiger partial charge on any atom is -0.508 e. The van der Waals surface area contributed by atoms with Crippen LogP contribution < -0.4 is 15.0 Å². The molecule has 1 unspecified atom stereocenters. The van der Waals surface area contributed by atoms with Gasteiger partial charge in [-0.2, -0.15) is 9.97 Å². The van der Waals surface area contributed by atoms with E-state index in [1.54, 1.807) is 12.1 Å². The van der Waals surface area contributed by atoms with Crippen LogP contribution >= 0.6 is 0 Å². The molecule has 0 spiro atoms. The smallest absolute Gasteiger partial charge is 0.319 e. The van der Waals surface area contributed by atoms with Gasteiger partial charge < -0.3 is 20.1 Å². The molecule has 238 valence electrons. The van der Waals surface area contributed by atoms with Crippen LogP contribution in [0, 0.1) is 29.9 Å². The molecule has 0 radical (unpaired) electrons. The van der Waals surface area contributed by atoms with E-state index >= 15 is 4.39 Å². The lowest BCUT2D eigenvalue weighted by atomic mass is 9.93. The molecular weight excluding hydrogens is 591 g/mol. The summed E-state index contributed by atoms with van der Waals surface area (Å²) in [5, 5.41) is 15.6. The van der Waals surface area contributed by atoms with E-state index in [0.29, 0.717) is 46.9 Å². The Balaban J connectivity index is 1.26. The number of benzene rings is 3. The van der Waals surface area contributed by atoms with Crippen LogP contribution in [0.3, 0.4) is 0 Å². The average Bonchev–Trinajstić information content (AvgIpc) is 3.74. The second-order valence-electron chi connectivity index (χ2n) is 13.4. The number of phenols is 1. The molecule has 1 aromatic heterocycles. The predicted octanol–water partition coefficient (Wildman–Crippen LogP) is 5.95. The number of phenolic OH excluding ortho intramolecular Hbond substituents is 1. The molecule has 5 heterocycles. The van der Waals surface area contributed by atoms with Crippen molar-refractivity contribution in [2.75, 3.05) is 44.2 Å². The molecule has 46 heavy (non-hydrogen) atoms. The molecule has 10 heteroatoms. The number of aromatic nitrogens is 2. The van der Waals surface area contributed by atoms with E-state index in [4.69, 9.17) is 16.1 Å². The first kappa shape index (κ1) is 29.3. The number of hydrogen-bond donors (Lipinski definition) is 2. The minimum absolute atomic E-state index is 0.00799. The predicted molar refractivity (Wildman–Crippen MR) is 172 cm³/mol. The number of terminal acetylenes is 1. The Bertz CT molecular complexity index is 1880. The van der Waals surface area contributed by atoms with Gasteiger partial charge in [-0.1, -0.05) is 18.1 Å². The number of aromatic hydroxyl groups is 1. The van der Waals surface area contributed by atoms with Gasteiger partial charge in [-0.3, -0.25) is 4.90 Å². The van der Waals surface area contributed by atoms with Crippen LogP contribution in [0.25, 0.3) is 32.8 Å². The molecule has 4 fully saturated rings. The quantitative estimate of drug-likeness (QED) is 0.265. The fraction of sp³-hybridized carbons (Fsp3) is 0.444. The van der Waals surface area contributed by atoms with Gasteiger partial charge in [0.15, 0.2) is 5.82 Å². The van der Waals surface area contributed by atoms with Crippen LogP contribution in [-0.4, -0.2) is 77.1 Å². The van der Waals surface area contributed by atoms with Crippen molar-refractivity contribution >= 4 is 27.5 Å². The number of fused-ring (bicyclic) bond motifs is 5. The molecule has 4 saturated heterocycles. The standard InChI is InChI=1S/C36H36F3N5O2/c1-2-26-30(38)7-4-22-15-25(45)16-29(31(22)26)27-5-6-28-33(32(27)39)41-35(46-20-36-10-3-11-44(36)19-23(37)17-36)42-34(28)43-12-8-21-14-24(9-13-43)40-18-21/h1,4-7,15-16,21,23-24,40,45H,3,8-14,17-20H2/t21?,23-,24+,36+/m1/s1. The zero-order chi connectivity index (χ0) is 31.6. The van der Waals surface area contributed by atoms with E-state index in [1.165, 1.54) is 24.3 Å². The van der Waals surface area contributed by atoms with Crippen LogP contribution in [0.5, 0.6) is 11.8 Å². The highest BCUT2D eigenvalue weighted by Crippen LogP contribution is 2.42. The average molecular weight is 628 g/mol. The largest absolute Gasteiger partial charge is 0.508 e. The maximum atomic E-state index is 16.9. The highest BCUT2D eigenvalue weighted by atomic mass is 19.1. The molecule has 2 N–H and O–H groups in total. The Morgan fingerprint density at radius 2 is 1.96 bits per heavy atom. The molecule has 4 aromatic rings. The van der Waals surface area contributed by atoms with Gasteiger partial charge in [0, 0.05) is 48.4 Å². The van der Waals surface area contributed by atoms with Crippen LogP contribution in [0.2, 0.25) is 0 Å². The SMILES string of the molecule is C#Cc1c(F)ccc2cc(O)cc(-c3ccc4c(N5CCC6CN[C@@H](CC5)C6)nc(OC[C@@]56CCCN5C[C@H](F)C6)nc4c3F)c12. The number of halogens is 3. The molecule has 4 aliphatic heterocycles. The van der Waals surface area contributed by atoms with Crippen molar-refractivity contribution in [2.45, 2.75) is 56.3 Å². The van der Waals surface area contributed by atoms with Crippen molar-refractivity contribution in [3.05, 3.63) is 53.6 Å². The Kier molecular flexibility index (Phi) is 7.22. The molecule has 3 aromatic carbocycles. The molecule has 0 aliphatic carbocycles. The normalized spacial score (nSPS) is 26.3. The highest BCUT2D eigenvalue weighted by molar-refractivity contribution is 6.04. The first-order valence-corrected chi connectivity index (χ1v) is 16.2. The maximum absolute atomic E-state index is 16.9. The molecule has 8 rings (SSSR count). The van der Waals surface area contributed by atoms with Gasteiger partial charge in [0.05, 0.1) is 11.1 Å². The van der Waals surface area contributed by atoms with E-state index in [1.807, 2.05) is 0 Å². The summed E-state index contributed by atoms with van der Waals surface area (Å²) in [4.78, 5) is 13.9. The molecule has 4 aliphatic rings. The Morgan fingerprint density at radius 1 is 1.09 bits per heavy atom. The van der Waals surface area contributed by atoms with Crippen molar-refractivity contribution in [2.24, 2.45) is 5.92 Å². The van der Waals surface area contributed by atoms with Crippen LogP contribution in [0.1, 0.15) is 44.1 Å². The minimum atomic E-state index is -0.906. The van der Waals surface area contributed by atoms with Gasteiger partial charge in [-0.05, 0) is 86.3 Å². The molecule has 0 saturated carbocycles. The highest BCUT2D eigenvalue weighted by Gasteiger charge is 2.49. The van der Waals surface area contributed by atoms with Crippen molar-refractivity contribution in [3.8, 4) is 35.2 Å². The number of nitrogens with zero attached hydrogens (tertiary/aromatic N) is 4. The van der Waals surface area contributed by atoms with E-state index < -0.39 is 23.3 Å². The second-order valence-corrected chi connectivity index (χ2v) is 13.4. The third kappa shape index (κ3) is 4.92. The fourth-order valence-electron chi connectivity index (χ4n) is 8.38. The Hall–Kier alpha value is -4.07. The van der Waals surface area contributed by atoms with Crippen molar-refractivity contribution in [1.82, 2.24) is 20.2 Å². The summed E-state index contributed by atoms with van der Waals surface area (Å²) in [6.07, 6.45) is 10.1. The molecule has 0 amide bonds. The zero-order valence-corrected chi connectivity index (χ0v) is 25.5. The molecule has 7 nitrogen and oxygen atoms in total. The summed E-state index contributed by atoms with van der Waals surface area (Å²) in [7, 11) is 0. The molecule has 2 bridgehead atoms. The number of hydrogen-bond acceptors (Lipinski definition) is 7. The van der Waals surface area contributed by atoms with Crippen LogP contribution in [0.4, 0.5) is 19.0 Å². The first-order chi connectivity index (χ1) is 22.3. The number of nitrogens with one attached hydrogen (secondary N) is 1. The van der Waals surface area contributed by atoms with Gasteiger partial charge in [-0.15, -0.1) is 6.42 Å². The molecule has 4 atom stereocenters. The van der Waals surface area contributed by atoms with Crippen molar-refractivity contribution in [1.29, 1.82) is 0 Å². The van der Waals surface area contributed by atoms with Crippen molar-refractivity contribution < 1.29 is 23.0 Å². The third-order valence-electron chi connectivity index (χ3n) is 10.7. The first-order valence-electron chi connectivity index (χ1n) is 16.2. The van der Waals surface area contributed by atoms with Crippen molar-refractivity contribution in [3.63, 3.8) is 0 Å². The topological polar surface area (TPSA) is 73.8 Å². The second kappa shape index (κ2) is 11.3. The van der Waals surface area contributed by atoms with E-state index in [9.17, 15) is 13.9 Å². The third-order valence-corrected chi connectivity index (χ3v) is 10.7. The Labute approximate surface area is 265 Å². The number of anilines is 1. The zero-order valence-electron chi connectivity index (χ0n) is 25.5. The summed E-state index contributed by atoms with van der Waals surface area (Å²) in [5.74, 6) is 2.22. The summed E-state index contributed by atoms with van der Waals surface area (Å²) in [6.45, 7) is 3.94. The summed E-state index contributed by atoms with van der Waals surface area (Å²) in [5.41, 5.74) is 0.0223. The maximum Gasteiger partial charge on any atom is 0.319 e. The Morgan fingerprint density at radius 3 is 2.83 bits per heavy atom. The summed E-state index contributed by atoms with van der Waals surface area (Å²) >= 11 is 0.